The molecular weight excluding hydrogens is 336 g/mol. The monoisotopic (exact) mass is 366 g/mol. The molecule has 1 atom stereocenters. The van der Waals surface area contributed by atoms with Crippen molar-refractivity contribution in [2.45, 2.75) is 45.9 Å². The maximum absolute atomic E-state index is 11.8. The first kappa shape index (κ1) is 21.9. The molecule has 0 aromatic heterocycles. The molecule has 0 aliphatic heterocycles. The topological polar surface area (TPSA) is 88.1 Å². The Hall–Kier alpha value is -2.12. The van der Waals surface area contributed by atoms with Crippen molar-refractivity contribution in [3.05, 3.63) is 35.9 Å². The molecule has 1 aromatic rings. The molecular formula is C19H30N2O5. The first-order chi connectivity index (χ1) is 12.2. The van der Waals surface area contributed by atoms with E-state index in [9.17, 15) is 14.7 Å². The van der Waals surface area contributed by atoms with E-state index in [1.54, 1.807) is 32.6 Å². The summed E-state index contributed by atoms with van der Waals surface area (Å²) in [7, 11) is 0. The van der Waals surface area contributed by atoms with Gasteiger partial charge in [-0.3, -0.25) is 9.69 Å². The zero-order valence-corrected chi connectivity index (χ0v) is 16.0. The van der Waals surface area contributed by atoms with Gasteiger partial charge in [-0.2, -0.15) is 0 Å². The summed E-state index contributed by atoms with van der Waals surface area (Å²) in [5.41, 5.74) is 0.419. The summed E-state index contributed by atoms with van der Waals surface area (Å²) in [4.78, 5) is 25.3. The number of hydrogen-bond acceptors (Lipinski definition) is 6. The summed E-state index contributed by atoms with van der Waals surface area (Å²) >= 11 is 0. The van der Waals surface area contributed by atoms with Crippen LogP contribution in [0.4, 0.5) is 4.79 Å². The highest BCUT2D eigenvalue weighted by molar-refractivity contribution is 5.71. The molecule has 146 valence electrons. The molecule has 1 unspecified atom stereocenters. The minimum atomic E-state index is -0.847. The fourth-order valence-corrected chi connectivity index (χ4v) is 2.29. The van der Waals surface area contributed by atoms with Gasteiger partial charge in [0.15, 0.2) is 0 Å². The van der Waals surface area contributed by atoms with Crippen molar-refractivity contribution in [2.75, 3.05) is 26.2 Å². The van der Waals surface area contributed by atoms with Gasteiger partial charge in [0.2, 0.25) is 0 Å². The van der Waals surface area contributed by atoms with E-state index < -0.39 is 17.8 Å². The van der Waals surface area contributed by atoms with Crippen molar-refractivity contribution in [1.82, 2.24) is 10.2 Å². The van der Waals surface area contributed by atoms with Crippen LogP contribution in [0.1, 0.15) is 33.3 Å². The lowest BCUT2D eigenvalue weighted by Crippen LogP contribution is -2.43. The maximum atomic E-state index is 11.8. The van der Waals surface area contributed by atoms with Gasteiger partial charge in [-0.15, -0.1) is 0 Å². The van der Waals surface area contributed by atoms with Crippen molar-refractivity contribution >= 4 is 12.1 Å². The van der Waals surface area contributed by atoms with E-state index in [0.29, 0.717) is 13.2 Å². The number of amides is 1. The zero-order chi connectivity index (χ0) is 19.6. The molecule has 7 nitrogen and oxygen atoms in total. The van der Waals surface area contributed by atoms with Crippen LogP contribution >= 0.6 is 0 Å². The highest BCUT2D eigenvalue weighted by atomic mass is 16.6. The Bertz CT molecular complexity index is 557. The molecule has 0 spiro atoms. The number of rotatable bonds is 9. The molecule has 0 radical (unpaired) electrons. The molecule has 0 heterocycles. The fourth-order valence-electron chi connectivity index (χ4n) is 2.29. The van der Waals surface area contributed by atoms with Crippen LogP contribution in [0, 0.1) is 0 Å². The number of ether oxygens (including phenoxy) is 2. The molecule has 1 aromatic carbocycles. The van der Waals surface area contributed by atoms with Crippen molar-refractivity contribution in [3.63, 3.8) is 0 Å². The smallest absolute Gasteiger partial charge is 0.407 e. The van der Waals surface area contributed by atoms with E-state index in [1.807, 2.05) is 30.3 Å². The molecule has 1 amide bonds. The lowest BCUT2D eigenvalue weighted by molar-refractivity contribution is -0.144. The number of aliphatic hydroxyl groups is 1. The number of hydrogen-bond donors (Lipinski definition) is 2. The fraction of sp³-hybridized carbons (Fsp3) is 0.579. The van der Waals surface area contributed by atoms with Gasteiger partial charge in [0.05, 0.1) is 19.3 Å². The van der Waals surface area contributed by atoms with Gasteiger partial charge in [-0.05, 0) is 33.3 Å². The third-order valence-electron chi connectivity index (χ3n) is 3.26. The van der Waals surface area contributed by atoms with Gasteiger partial charge in [0.25, 0.3) is 0 Å². The number of nitrogens with zero attached hydrogens (tertiary/aromatic N) is 1. The zero-order valence-electron chi connectivity index (χ0n) is 16.0. The maximum Gasteiger partial charge on any atom is 0.407 e. The van der Waals surface area contributed by atoms with Crippen LogP contribution in [0.2, 0.25) is 0 Å². The molecule has 0 aliphatic rings. The van der Waals surface area contributed by atoms with E-state index in [1.165, 1.54) is 0 Å². The average molecular weight is 366 g/mol. The lowest BCUT2D eigenvalue weighted by atomic mass is 10.2. The standard InChI is InChI=1S/C19H30N2O5/c1-5-25-17(23)14-21(12-15-9-7-6-8-10-15)13-16(22)11-20-18(24)26-19(2,3)4/h6-10,16,22H,5,11-14H2,1-4H3,(H,20,24). The number of carbonyl (C=O) groups excluding carboxylic acids is 2. The van der Waals surface area contributed by atoms with Gasteiger partial charge in [-0.1, -0.05) is 30.3 Å². The Morgan fingerprint density at radius 1 is 1.23 bits per heavy atom. The molecule has 0 fully saturated rings. The Labute approximate surface area is 155 Å². The number of alkyl carbamates (subject to hydrolysis) is 1. The van der Waals surface area contributed by atoms with Crippen LogP contribution in [0.25, 0.3) is 0 Å². The van der Waals surface area contributed by atoms with E-state index in [4.69, 9.17) is 9.47 Å². The minimum Gasteiger partial charge on any atom is -0.465 e. The van der Waals surface area contributed by atoms with Crippen molar-refractivity contribution in [3.8, 4) is 0 Å². The quantitative estimate of drug-likeness (QED) is 0.650. The molecule has 0 bridgehead atoms. The molecule has 7 heteroatoms. The lowest BCUT2D eigenvalue weighted by Gasteiger charge is -2.25. The summed E-state index contributed by atoms with van der Waals surface area (Å²) in [5.74, 6) is -0.351. The molecule has 1 rings (SSSR count). The Morgan fingerprint density at radius 2 is 1.88 bits per heavy atom. The van der Waals surface area contributed by atoms with E-state index >= 15 is 0 Å². The van der Waals surface area contributed by atoms with Crippen LogP contribution in [0.3, 0.4) is 0 Å². The number of aliphatic hydroxyl groups excluding tert-OH is 1. The Kier molecular flexibility index (Phi) is 9.09. The second kappa shape index (κ2) is 10.8. The highest BCUT2D eigenvalue weighted by Gasteiger charge is 2.19. The Balaban J connectivity index is 2.57. The molecule has 2 N–H and O–H groups in total. The largest absolute Gasteiger partial charge is 0.465 e. The number of esters is 1. The second-order valence-electron chi connectivity index (χ2n) is 7.00. The van der Waals surface area contributed by atoms with Gasteiger partial charge in [-0.25, -0.2) is 4.79 Å². The van der Waals surface area contributed by atoms with Gasteiger partial charge in [0, 0.05) is 19.6 Å². The Morgan fingerprint density at radius 3 is 2.46 bits per heavy atom. The van der Waals surface area contributed by atoms with Crippen molar-refractivity contribution in [2.24, 2.45) is 0 Å². The summed E-state index contributed by atoms with van der Waals surface area (Å²) in [6, 6.07) is 9.64. The van der Waals surface area contributed by atoms with Crippen LogP contribution in [0.15, 0.2) is 30.3 Å². The average Bonchev–Trinajstić information content (AvgIpc) is 2.52. The van der Waals surface area contributed by atoms with Crippen molar-refractivity contribution in [1.29, 1.82) is 0 Å². The molecule has 0 aliphatic carbocycles. The first-order valence-corrected chi connectivity index (χ1v) is 8.76. The summed E-state index contributed by atoms with van der Waals surface area (Å²) < 4.78 is 10.1. The molecule has 0 saturated heterocycles. The molecule has 26 heavy (non-hydrogen) atoms. The van der Waals surface area contributed by atoms with E-state index in [2.05, 4.69) is 5.32 Å². The predicted molar refractivity (Wildman–Crippen MR) is 98.6 cm³/mol. The van der Waals surface area contributed by atoms with Crippen LogP contribution in [0.5, 0.6) is 0 Å². The normalized spacial score (nSPS) is 12.5. The minimum absolute atomic E-state index is 0.0308. The van der Waals surface area contributed by atoms with Crippen molar-refractivity contribution < 1.29 is 24.2 Å². The predicted octanol–water partition coefficient (Wildman–Crippen LogP) is 1.94. The third kappa shape index (κ3) is 10.0. The van der Waals surface area contributed by atoms with Crippen LogP contribution in [-0.4, -0.2) is 60.0 Å². The van der Waals surface area contributed by atoms with Gasteiger partial charge >= 0.3 is 12.1 Å². The number of nitrogens with one attached hydrogen (secondary N) is 1. The molecule has 0 saturated carbocycles. The first-order valence-electron chi connectivity index (χ1n) is 8.76. The SMILES string of the molecule is CCOC(=O)CN(Cc1ccccc1)CC(O)CNC(=O)OC(C)(C)C. The van der Waals surface area contributed by atoms with Gasteiger partial charge < -0.3 is 19.9 Å². The van der Waals surface area contributed by atoms with Gasteiger partial charge in [0.1, 0.15) is 5.60 Å². The summed E-state index contributed by atoms with van der Waals surface area (Å²) in [5, 5.41) is 12.8. The number of carbonyl (C=O) groups is 2. The highest BCUT2D eigenvalue weighted by Crippen LogP contribution is 2.07. The van der Waals surface area contributed by atoms with E-state index in [0.717, 1.165) is 5.56 Å². The van der Waals surface area contributed by atoms with Crippen LogP contribution in [-0.2, 0) is 20.8 Å². The summed E-state index contributed by atoms with van der Waals surface area (Å²) in [6.45, 7) is 8.15. The van der Waals surface area contributed by atoms with E-state index in [-0.39, 0.29) is 25.6 Å². The summed E-state index contributed by atoms with van der Waals surface area (Å²) in [6.07, 6.45) is -1.43. The third-order valence-corrected chi connectivity index (χ3v) is 3.26. The number of benzene rings is 1. The second-order valence-corrected chi connectivity index (χ2v) is 7.00. The van der Waals surface area contributed by atoms with Crippen LogP contribution < -0.4 is 5.32 Å².